The Hall–Kier alpha value is -2.33. The lowest BCUT2D eigenvalue weighted by atomic mass is 10.1. The van der Waals surface area contributed by atoms with Crippen LogP contribution in [0.4, 0.5) is 0 Å². The molecule has 126 valence electrons. The fourth-order valence-corrected chi connectivity index (χ4v) is 2.85. The van der Waals surface area contributed by atoms with Gasteiger partial charge >= 0.3 is 0 Å². The molecule has 0 saturated carbocycles. The molecule has 0 fully saturated rings. The highest BCUT2D eigenvalue weighted by atomic mass is 16.5. The van der Waals surface area contributed by atoms with Gasteiger partial charge in [0.1, 0.15) is 11.4 Å². The van der Waals surface area contributed by atoms with Crippen LogP contribution in [0.5, 0.6) is 5.75 Å². The SMILES string of the molecule is CCC(O)c1c(-c2ccc(OC(C)C)cc2)nc2cc(C)ccn12. The van der Waals surface area contributed by atoms with Crippen molar-refractivity contribution in [2.75, 3.05) is 0 Å². The van der Waals surface area contributed by atoms with Gasteiger partial charge in [0.25, 0.3) is 0 Å². The molecule has 4 nitrogen and oxygen atoms in total. The number of ether oxygens (including phenoxy) is 1. The second-order valence-electron chi connectivity index (χ2n) is 6.39. The third-order valence-electron chi connectivity index (χ3n) is 4.02. The first-order valence-electron chi connectivity index (χ1n) is 8.43. The lowest BCUT2D eigenvalue weighted by Gasteiger charge is -2.12. The Morgan fingerprint density at radius 2 is 1.88 bits per heavy atom. The minimum absolute atomic E-state index is 0.145. The first-order valence-corrected chi connectivity index (χ1v) is 8.43. The number of hydrogen-bond acceptors (Lipinski definition) is 3. The van der Waals surface area contributed by atoms with E-state index < -0.39 is 6.10 Å². The molecular weight excluding hydrogens is 300 g/mol. The van der Waals surface area contributed by atoms with Gasteiger partial charge in [0.05, 0.1) is 23.6 Å². The number of aromatic nitrogens is 2. The van der Waals surface area contributed by atoms with Crippen LogP contribution < -0.4 is 4.74 Å². The molecule has 0 aliphatic rings. The lowest BCUT2D eigenvalue weighted by molar-refractivity contribution is 0.168. The van der Waals surface area contributed by atoms with Gasteiger partial charge in [0, 0.05) is 11.8 Å². The summed E-state index contributed by atoms with van der Waals surface area (Å²) >= 11 is 0. The summed E-state index contributed by atoms with van der Waals surface area (Å²) < 4.78 is 7.68. The summed E-state index contributed by atoms with van der Waals surface area (Å²) in [4.78, 5) is 4.77. The number of pyridine rings is 1. The molecule has 0 amide bonds. The van der Waals surface area contributed by atoms with Gasteiger partial charge in [-0.25, -0.2) is 4.98 Å². The van der Waals surface area contributed by atoms with E-state index in [1.807, 2.05) is 74.7 Å². The molecule has 1 atom stereocenters. The van der Waals surface area contributed by atoms with Crippen LogP contribution in [0, 0.1) is 6.92 Å². The molecule has 4 heteroatoms. The number of aliphatic hydroxyl groups is 1. The number of rotatable bonds is 5. The summed E-state index contributed by atoms with van der Waals surface area (Å²) in [7, 11) is 0. The summed E-state index contributed by atoms with van der Waals surface area (Å²) in [5.74, 6) is 0.839. The number of aryl methyl sites for hydroxylation is 1. The van der Waals surface area contributed by atoms with Crippen molar-refractivity contribution in [1.82, 2.24) is 9.38 Å². The van der Waals surface area contributed by atoms with Crippen LogP contribution >= 0.6 is 0 Å². The average molecular weight is 324 g/mol. The number of fused-ring (bicyclic) bond motifs is 1. The Bertz CT molecular complexity index is 835. The van der Waals surface area contributed by atoms with Crippen molar-refractivity contribution in [3.05, 3.63) is 53.9 Å². The lowest BCUT2D eigenvalue weighted by Crippen LogP contribution is -2.05. The van der Waals surface area contributed by atoms with E-state index in [9.17, 15) is 5.11 Å². The quantitative estimate of drug-likeness (QED) is 0.749. The van der Waals surface area contributed by atoms with Crippen molar-refractivity contribution in [3.63, 3.8) is 0 Å². The van der Waals surface area contributed by atoms with E-state index in [1.165, 1.54) is 0 Å². The average Bonchev–Trinajstić information content (AvgIpc) is 2.92. The van der Waals surface area contributed by atoms with Crippen molar-refractivity contribution in [2.24, 2.45) is 0 Å². The molecule has 0 spiro atoms. The molecule has 1 unspecified atom stereocenters. The van der Waals surface area contributed by atoms with Crippen molar-refractivity contribution >= 4 is 5.65 Å². The van der Waals surface area contributed by atoms with E-state index in [0.29, 0.717) is 6.42 Å². The molecule has 0 saturated heterocycles. The maximum atomic E-state index is 10.5. The number of imidazole rings is 1. The van der Waals surface area contributed by atoms with E-state index in [4.69, 9.17) is 9.72 Å². The van der Waals surface area contributed by atoms with Crippen LogP contribution in [0.1, 0.15) is 44.6 Å². The molecule has 1 N–H and O–H groups in total. The molecule has 2 aromatic heterocycles. The van der Waals surface area contributed by atoms with Crippen LogP contribution in [-0.2, 0) is 0 Å². The second kappa shape index (κ2) is 6.65. The first kappa shape index (κ1) is 16.5. The van der Waals surface area contributed by atoms with Crippen molar-refractivity contribution in [1.29, 1.82) is 0 Å². The largest absolute Gasteiger partial charge is 0.491 e. The van der Waals surface area contributed by atoms with Gasteiger partial charge in [-0.15, -0.1) is 0 Å². The van der Waals surface area contributed by atoms with Crippen LogP contribution in [0.15, 0.2) is 42.6 Å². The van der Waals surface area contributed by atoms with Gasteiger partial charge in [-0.1, -0.05) is 6.92 Å². The first-order chi connectivity index (χ1) is 11.5. The van der Waals surface area contributed by atoms with Crippen LogP contribution in [0.3, 0.4) is 0 Å². The number of aliphatic hydroxyl groups excluding tert-OH is 1. The predicted molar refractivity (Wildman–Crippen MR) is 96.4 cm³/mol. The summed E-state index contributed by atoms with van der Waals surface area (Å²) in [6.45, 7) is 8.03. The normalized spacial score (nSPS) is 12.8. The molecule has 0 bridgehead atoms. The van der Waals surface area contributed by atoms with Gasteiger partial charge in [-0.05, 0) is 69.2 Å². The number of hydrogen-bond donors (Lipinski definition) is 1. The summed E-state index contributed by atoms with van der Waals surface area (Å²) in [5.41, 5.74) is 4.65. The zero-order valence-electron chi connectivity index (χ0n) is 14.7. The highest BCUT2D eigenvalue weighted by molar-refractivity contribution is 5.68. The third-order valence-corrected chi connectivity index (χ3v) is 4.02. The molecule has 0 aliphatic heterocycles. The van der Waals surface area contributed by atoms with E-state index in [-0.39, 0.29) is 6.10 Å². The van der Waals surface area contributed by atoms with Gasteiger partial charge in [0.15, 0.2) is 0 Å². The Morgan fingerprint density at radius 1 is 1.17 bits per heavy atom. The smallest absolute Gasteiger partial charge is 0.138 e. The Balaban J connectivity index is 2.10. The molecule has 0 radical (unpaired) electrons. The molecular formula is C20H24N2O2. The molecule has 1 aromatic carbocycles. The Kier molecular flexibility index (Phi) is 4.58. The minimum atomic E-state index is -0.552. The zero-order valence-corrected chi connectivity index (χ0v) is 14.7. The van der Waals surface area contributed by atoms with Gasteiger partial charge < -0.3 is 14.2 Å². The Labute approximate surface area is 142 Å². The topological polar surface area (TPSA) is 46.8 Å². The molecule has 2 heterocycles. The minimum Gasteiger partial charge on any atom is -0.491 e. The van der Waals surface area contributed by atoms with Gasteiger partial charge in [0.2, 0.25) is 0 Å². The van der Waals surface area contributed by atoms with Gasteiger partial charge in [-0.2, -0.15) is 0 Å². The van der Waals surface area contributed by atoms with Crippen LogP contribution in [0.25, 0.3) is 16.9 Å². The third kappa shape index (κ3) is 3.15. The molecule has 3 aromatic rings. The van der Waals surface area contributed by atoms with E-state index in [1.54, 1.807) is 0 Å². The number of benzene rings is 1. The monoisotopic (exact) mass is 324 g/mol. The summed E-state index contributed by atoms with van der Waals surface area (Å²) in [5, 5.41) is 10.5. The fraction of sp³-hybridized carbons (Fsp3) is 0.350. The zero-order chi connectivity index (χ0) is 17.3. The van der Waals surface area contributed by atoms with E-state index in [2.05, 4.69) is 0 Å². The predicted octanol–water partition coefficient (Wildman–Crippen LogP) is 4.54. The van der Waals surface area contributed by atoms with E-state index in [0.717, 1.165) is 33.9 Å². The van der Waals surface area contributed by atoms with E-state index >= 15 is 0 Å². The molecule has 24 heavy (non-hydrogen) atoms. The van der Waals surface area contributed by atoms with Gasteiger partial charge in [-0.3, -0.25) is 0 Å². The standard InChI is InChI=1S/C20H24N2O2/c1-5-17(23)20-19(21-18-12-14(4)10-11-22(18)20)15-6-8-16(9-7-15)24-13(2)3/h6-13,17,23H,5H2,1-4H3. The molecule has 3 rings (SSSR count). The maximum Gasteiger partial charge on any atom is 0.138 e. The van der Waals surface area contributed by atoms with Crippen LogP contribution in [0.2, 0.25) is 0 Å². The summed E-state index contributed by atoms with van der Waals surface area (Å²) in [6, 6.07) is 12.0. The summed E-state index contributed by atoms with van der Waals surface area (Å²) in [6.07, 6.45) is 2.21. The highest BCUT2D eigenvalue weighted by Gasteiger charge is 2.19. The van der Waals surface area contributed by atoms with Crippen molar-refractivity contribution < 1.29 is 9.84 Å². The second-order valence-corrected chi connectivity index (χ2v) is 6.39. The Morgan fingerprint density at radius 3 is 2.50 bits per heavy atom. The van der Waals surface area contributed by atoms with Crippen molar-refractivity contribution in [2.45, 2.75) is 46.3 Å². The maximum absolute atomic E-state index is 10.5. The number of nitrogens with zero attached hydrogens (tertiary/aromatic N) is 2. The van der Waals surface area contributed by atoms with Crippen molar-refractivity contribution in [3.8, 4) is 17.0 Å². The fourth-order valence-electron chi connectivity index (χ4n) is 2.85. The molecule has 0 aliphatic carbocycles. The highest BCUT2D eigenvalue weighted by Crippen LogP contribution is 2.31. The van der Waals surface area contributed by atoms with Crippen LogP contribution in [-0.4, -0.2) is 20.6 Å².